The Morgan fingerprint density at radius 2 is 2.22 bits per heavy atom. The number of anilines is 1. The molecule has 1 aromatic rings. The topological polar surface area (TPSA) is 18.5 Å². The molecule has 0 radical (unpaired) electrons. The molecule has 0 aromatic heterocycles. The molecule has 4 rings (SSSR count). The second kappa shape index (κ2) is 6.04. The summed E-state index contributed by atoms with van der Waals surface area (Å²) in [5.74, 6) is 0.656. The van der Waals surface area contributed by atoms with E-state index in [9.17, 15) is 0 Å². The fourth-order valence-electron chi connectivity index (χ4n) is 4.42. The maximum atomic E-state index is 3.26. The number of rotatable bonds is 2. The lowest BCUT2D eigenvalue weighted by Crippen LogP contribution is -2.37. The van der Waals surface area contributed by atoms with Gasteiger partial charge in [0.2, 0.25) is 0 Å². The van der Waals surface area contributed by atoms with Crippen molar-refractivity contribution in [3.63, 3.8) is 0 Å². The van der Waals surface area contributed by atoms with E-state index in [4.69, 9.17) is 0 Å². The highest BCUT2D eigenvalue weighted by Crippen LogP contribution is 2.44. The summed E-state index contributed by atoms with van der Waals surface area (Å²) < 4.78 is 0. The molecule has 1 saturated heterocycles. The van der Waals surface area contributed by atoms with Crippen molar-refractivity contribution in [3.05, 3.63) is 53.3 Å². The molecule has 3 aliphatic heterocycles. The van der Waals surface area contributed by atoms with Gasteiger partial charge >= 0.3 is 0 Å². The summed E-state index contributed by atoms with van der Waals surface area (Å²) in [4.78, 5) is 5.20. The molecule has 3 heteroatoms. The first-order chi connectivity index (χ1) is 11.2. The molecule has 122 valence electrons. The summed E-state index contributed by atoms with van der Waals surface area (Å²) in [6.45, 7) is 6.63. The van der Waals surface area contributed by atoms with Gasteiger partial charge < -0.3 is 15.1 Å². The van der Waals surface area contributed by atoms with Gasteiger partial charge in [-0.2, -0.15) is 0 Å². The second-order valence-corrected chi connectivity index (χ2v) is 7.29. The lowest BCUT2D eigenvalue weighted by Gasteiger charge is -2.30. The van der Waals surface area contributed by atoms with Gasteiger partial charge in [0.25, 0.3) is 0 Å². The van der Waals surface area contributed by atoms with E-state index in [1.807, 2.05) is 0 Å². The predicted octanol–water partition coefficient (Wildman–Crippen LogP) is 3.04. The van der Waals surface area contributed by atoms with Crippen LogP contribution in [0.4, 0.5) is 5.69 Å². The zero-order chi connectivity index (χ0) is 15.8. The zero-order valence-electron chi connectivity index (χ0n) is 14.3. The molecule has 2 atom stereocenters. The molecular weight excluding hydrogens is 282 g/mol. The number of nitrogens with zero attached hydrogens (tertiary/aromatic N) is 2. The van der Waals surface area contributed by atoms with Crippen LogP contribution in [-0.4, -0.2) is 44.2 Å². The van der Waals surface area contributed by atoms with Gasteiger partial charge in [0, 0.05) is 37.3 Å². The summed E-state index contributed by atoms with van der Waals surface area (Å²) in [6.07, 6.45) is 9.24. The quantitative estimate of drug-likeness (QED) is 0.906. The maximum Gasteiger partial charge on any atom is 0.0431 e. The maximum absolute atomic E-state index is 3.26. The van der Waals surface area contributed by atoms with Crippen LogP contribution in [0.2, 0.25) is 0 Å². The van der Waals surface area contributed by atoms with Gasteiger partial charge in [0.15, 0.2) is 0 Å². The predicted molar refractivity (Wildman–Crippen MR) is 97.0 cm³/mol. The fraction of sp³-hybridized carbons (Fsp3) is 0.500. The van der Waals surface area contributed by atoms with Gasteiger partial charge in [-0.05, 0) is 62.8 Å². The van der Waals surface area contributed by atoms with Crippen LogP contribution in [0, 0.1) is 6.92 Å². The molecule has 0 unspecified atom stereocenters. The summed E-state index contributed by atoms with van der Waals surface area (Å²) in [6, 6.07) is 7.71. The van der Waals surface area contributed by atoms with Crippen LogP contribution in [0.3, 0.4) is 0 Å². The normalized spacial score (nSPS) is 27.0. The Labute approximate surface area is 139 Å². The lowest BCUT2D eigenvalue weighted by atomic mass is 9.92. The Bertz CT molecular complexity index is 646. The van der Waals surface area contributed by atoms with E-state index in [0.717, 1.165) is 13.1 Å². The lowest BCUT2D eigenvalue weighted by molar-refractivity contribution is 0.330. The van der Waals surface area contributed by atoms with Crippen LogP contribution in [0.25, 0.3) is 0 Å². The molecule has 0 amide bonds. The average molecular weight is 309 g/mol. The first kappa shape index (κ1) is 14.8. The van der Waals surface area contributed by atoms with Gasteiger partial charge in [-0.15, -0.1) is 0 Å². The molecule has 1 N–H and O–H groups in total. The first-order valence-electron chi connectivity index (χ1n) is 8.87. The van der Waals surface area contributed by atoms with Crippen LogP contribution in [0.15, 0.2) is 42.1 Å². The Morgan fingerprint density at radius 1 is 1.30 bits per heavy atom. The third-order valence-electron chi connectivity index (χ3n) is 5.56. The van der Waals surface area contributed by atoms with E-state index >= 15 is 0 Å². The van der Waals surface area contributed by atoms with E-state index < -0.39 is 0 Å². The van der Waals surface area contributed by atoms with Crippen molar-refractivity contribution in [2.45, 2.75) is 31.7 Å². The molecule has 23 heavy (non-hydrogen) atoms. The number of fused-ring (bicyclic) bond motifs is 3. The zero-order valence-corrected chi connectivity index (χ0v) is 14.3. The van der Waals surface area contributed by atoms with Crippen molar-refractivity contribution >= 4 is 5.69 Å². The number of benzene rings is 1. The van der Waals surface area contributed by atoms with E-state index in [-0.39, 0.29) is 0 Å². The number of likely N-dealkylation sites (N-methyl/N-ethyl adjacent to an activating group) is 1. The largest absolute Gasteiger partial charge is 0.387 e. The summed E-state index contributed by atoms with van der Waals surface area (Å²) >= 11 is 0. The van der Waals surface area contributed by atoms with Crippen LogP contribution in [-0.2, 0) is 0 Å². The van der Waals surface area contributed by atoms with Crippen molar-refractivity contribution < 1.29 is 0 Å². The molecule has 0 spiro atoms. The molecular formula is C20H27N3. The number of aryl methyl sites for hydroxylation is 1. The number of nitrogens with one attached hydrogen (secondary N) is 1. The van der Waals surface area contributed by atoms with E-state index in [1.165, 1.54) is 42.8 Å². The van der Waals surface area contributed by atoms with Crippen LogP contribution in [0.1, 0.15) is 29.9 Å². The van der Waals surface area contributed by atoms with Gasteiger partial charge in [-0.1, -0.05) is 23.8 Å². The molecule has 1 fully saturated rings. The minimum Gasteiger partial charge on any atom is -0.387 e. The Kier molecular flexibility index (Phi) is 3.90. The van der Waals surface area contributed by atoms with Crippen molar-refractivity contribution in [2.24, 2.45) is 0 Å². The minimum absolute atomic E-state index is 0.654. The van der Waals surface area contributed by atoms with E-state index in [1.54, 1.807) is 5.56 Å². The molecule has 3 nitrogen and oxygen atoms in total. The van der Waals surface area contributed by atoms with E-state index in [2.05, 4.69) is 65.6 Å². The number of hydrogen-bond acceptors (Lipinski definition) is 3. The van der Waals surface area contributed by atoms with Crippen LogP contribution < -0.4 is 10.2 Å². The number of hydrogen-bond donors (Lipinski definition) is 1. The van der Waals surface area contributed by atoms with Crippen molar-refractivity contribution in [1.82, 2.24) is 10.2 Å². The van der Waals surface area contributed by atoms with Gasteiger partial charge in [-0.3, -0.25) is 0 Å². The minimum atomic E-state index is 0.654. The van der Waals surface area contributed by atoms with Gasteiger partial charge in [0.05, 0.1) is 0 Å². The Morgan fingerprint density at radius 3 is 3.04 bits per heavy atom. The van der Waals surface area contributed by atoms with Gasteiger partial charge in [0.1, 0.15) is 0 Å². The first-order valence-corrected chi connectivity index (χ1v) is 8.87. The SMILES string of the molecule is Cc1ccc2c(c1)[C@H]1CN(C)CCC[C@@H]1N2CC1=CCNC=C1. The standard InChI is InChI=1S/C20H27N3/c1-15-5-6-20-17(12-15)18-14-22(2)11-3-4-19(18)23(20)13-16-7-9-21-10-8-16/h5-9,12,18-19,21H,3-4,10-11,13-14H2,1-2H3/t18-,19+/m1/s1. The molecule has 0 aliphatic carbocycles. The summed E-state index contributed by atoms with van der Waals surface area (Å²) in [7, 11) is 2.28. The second-order valence-electron chi connectivity index (χ2n) is 7.29. The van der Waals surface area contributed by atoms with Crippen LogP contribution >= 0.6 is 0 Å². The van der Waals surface area contributed by atoms with Crippen molar-refractivity contribution in [1.29, 1.82) is 0 Å². The summed E-state index contributed by atoms with van der Waals surface area (Å²) in [5, 5.41) is 3.26. The Hall–Kier alpha value is -1.74. The third kappa shape index (κ3) is 2.78. The van der Waals surface area contributed by atoms with Crippen molar-refractivity contribution in [2.75, 3.05) is 38.1 Å². The van der Waals surface area contributed by atoms with Gasteiger partial charge in [-0.25, -0.2) is 0 Å². The number of likely N-dealkylation sites (tertiary alicyclic amines) is 1. The monoisotopic (exact) mass is 309 g/mol. The molecule has 1 aromatic carbocycles. The highest BCUT2D eigenvalue weighted by atomic mass is 15.2. The molecule has 0 bridgehead atoms. The highest BCUT2D eigenvalue weighted by molar-refractivity contribution is 5.64. The highest BCUT2D eigenvalue weighted by Gasteiger charge is 2.39. The molecule has 0 saturated carbocycles. The molecule has 3 aliphatic rings. The molecule has 3 heterocycles. The Balaban J connectivity index is 1.70. The fourth-order valence-corrected chi connectivity index (χ4v) is 4.42. The van der Waals surface area contributed by atoms with Crippen LogP contribution in [0.5, 0.6) is 0 Å². The van der Waals surface area contributed by atoms with Crippen molar-refractivity contribution in [3.8, 4) is 0 Å². The van der Waals surface area contributed by atoms with E-state index in [0.29, 0.717) is 12.0 Å². The summed E-state index contributed by atoms with van der Waals surface area (Å²) in [5.41, 5.74) is 5.86. The third-order valence-corrected chi connectivity index (χ3v) is 5.56. The smallest absolute Gasteiger partial charge is 0.0431 e. The average Bonchev–Trinajstić information content (AvgIpc) is 2.70. The number of dihydropyridines is 1.